The molecule has 20 heavy (non-hydrogen) atoms. The standard InChI is InChI=1S/C13H11BrCl2FN3/c1-2-18-12-8(15)6-9(16)13(20-12)19-11-5-7(14)3-4-10(11)17/h3-6H,2H2,1H3,(H2,18,19,20). The molecule has 1 heterocycles. The fraction of sp³-hybridized carbons (Fsp3) is 0.154. The summed E-state index contributed by atoms with van der Waals surface area (Å²) in [5.41, 5.74) is 0.276. The van der Waals surface area contributed by atoms with E-state index in [1.165, 1.54) is 6.07 Å². The van der Waals surface area contributed by atoms with E-state index in [0.717, 1.165) is 4.47 Å². The Hall–Kier alpha value is -1.04. The maximum Gasteiger partial charge on any atom is 0.151 e. The highest BCUT2D eigenvalue weighted by atomic mass is 79.9. The third kappa shape index (κ3) is 3.53. The average molecular weight is 379 g/mol. The third-order valence-corrected chi connectivity index (χ3v) is 3.52. The highest BCUT2D eigenvalue weighted by Gasteiger charge is 2.11. The van der Waals surface area contributed by atoms with Gasteiger partial charge in [-0.2, -0.15) is 0 Å². The quantitative estimate of drug-likeness (QED) is 0.741. The molecule has 0 fully saturated rings. The van der Waals surface area contributed by atoms with Crippen molar-refractivity contribution in [1.29, 1.82) is 0 Å². The van der Waals surface area contributed by atoms with Gasteiger partial charge in [-0.25, -0.2) is 9.37 Å². The second-order valence-corrected chi connectivity index (χ2v) is 5.66. The minimum absolute atomic E-state index is 0.276. The van der Waals surface area contributed by atoms with Gasteiger partial charge in [0.25, 0.3) is 0 Å². The van der Waals surface area contributed by atoms with E-state index in [1.54, 1.807) is 18.2 Å². The van der Waals surface area contributed by atoms with Crippen LogP contribution in [-0.2, 0) is 0 Å². The van der Waals surface area contributed by atoms with Crippen LogP contribution in [0.1, 0.15) is 6.92 Å². The van der Waals surface area contributed by atoms with Crippen LogP contribution in [0.25, 0.3) is 0 Å². The van der Waals surface area contributed by atoms with Crippen LogP contribution in [0.15, 0.2) is 28.7 Å². The zero-order chi connectivity index (χ0) is 14.7. The number of halogens is 4. The van der Waals surface area contributed by atoms with E-state index in [4.69, 9.17) is 23.2 Å². The molecule has 0 spiro atoms. The molecule has 0 atom stereocenters. The first-order chi connectivity index (χ1) is 9.51. The number of nitrogens with one attached hydrogen (secondary N) is 2. The minimum Gasteiger partial charge on any atom is -0.369 e. The molecule has 0 aliphatic heterocycles. The van der Waals surface area contributed by atoms with Crippen molar-refractivity contribution in [2.45, 2.75) is 6.92 Å². The van der Waals surface area contributed by atoms with Crippen LogP contribution in [0, 0.1) is 5.82 Å². The maximum absolute atomic E-state index is 13.7. The smallest absolute Gasteiger partial charge is 0.151 e. The second kappa shape index (κ2) is 6.61. The van der Waals surface area contributed by atoms with Crippen molar-refractivity contribution >= 4 is 56.5 Å². The van der Waals surface area contributed by atoms with Gasteiger partial charge >= 0.3 is 0 Å². The Balaban J connectivity index is 2.37. The van der Waals surface area contributed by atoms with Crippen molar-refractivity contribution in [3.05, 3.63) is 44.6 Å². The molecule has 3 nitrogen and oxygen atoms in total. The van der Waals surface area contributed by atoms with Gasteiger partial charge in [0.1, 0.15) is 11.6 Å². The lowest BCUT2D eigenvalue weighted by Crippen LogP contribution is -2.04. The first kappa shape index (κ1) is 15.4. The molecule has 0 saturated carbocycles. The fourth-order valence-corrected chi connectivity index (χ4v) is 2.40. The highest BCUT2D eigenvalue weighted by molar-refractivity contribution is 9.10. The Bertz CT molecular complexity index is 637. The van der Waals surface area contributed by atoms with Crippen molar-refractivity contribution in [3.63, 3.8) is 0 Å². The lowest BCUT2D eigenvalue weighted by Gasteiger charge is -2.12. The van der Waals surface area contributed by atoms with E-state index in [1.807, 2.05) is 6.92 Å². The van der Waals surface area contributed by atoms with E-state index in [-0.39, 0.29) is 5.69 Å². The van der Waals surface area contributed by atoms with Gasteiger partial charge in [-0.15, -0.1) is 0 Å². The number of benzene rings is 1. The Morgan fingerprint density at radius 1 is 1.20 bits per heavy atom. The largest absolute Gasteiger partial charge is 0.369 e. The van der Waals surface area contributed by atoms with Crippen molar-refractivity contribution in [1.82, 2.24) is 4.98 Å². The number of aromatic nitrogens is 1. The Labute approximate surface area is 134 Å². The summed E-state index contributed by atoms with van der Waals surface area (Å²) in [6, 6.07) is 6.13. The average Bonchev–Trinajstić information content (AvgIpc) is 2.39. The normalized spacial score (nSPS) is 10.4. The number of hydrogen-bond donors (Lipinski definition) is 2. The highest BCUT2D eigenvalue weighted by Crippen LogP contribution is 2.32. The molecule has 106 valence electrons. The molecular formula is C13H11BrCl2FN3. The monoisotopic (exact) mass is 377 g/mol. The molecule has 0 aliphatic rings. The molecule has 0 unspecified atom stereocenters. The van der Waals surface area contributed by atoms with Crippen LogP contribution in [0.3, 0.4) is 0 Å². The number of rotatable bonds is 4. The van der Waals surface area contributed by atoms with Crippen molar-refractivity contribution in [2.24, 2.45) is 0 Å². The van der Waals surface area contributed by atoms with Gasteiger partial charge in [0.2, 0.25) is 0 Å². The second-order valence-electron chi connectivity index (χ2n) is 3.93. The summed E-state index contributed by atoms with van der Waals surface area (Å²) in [6.45, 7) is 2.59. The SMILES string of the molecule is CCNc1nc(Nc2cc(Br)ccc2F)c(Cl)cc1Cl. The molecular weight excluding hydrogens is 368 g/mol. The van der Waals surface area contributed by atoms with Crippen LogP contribution in [0.4, 0.5) is 21.7 Å². The van der Waals surface area contributed by atoms with Crippen LogP contribution >= 0.6 is 39.1 Å². The zero-order valence-electron chi connectivity index (χ0n) is 10.5. The van der Waals surface area contributed by atoms with Crippen molar-refractivity contribution in [2.75, 3.05) is 17.2 Å². The van der Waals surface area contributed by atoms with Gasteiger partial charge in [-0.3, -0.25) is 0 Å². The molecule has 1 aromatic carbocycles. The van der Waals surface area contributed by atoms with Crippen LogP contribution in [0.2, 0.25) is 10.0 Å². The van der Waals surface area contributed by atoms with Crippen LogP contribution < -0.4 is 10.6 Å². The lowest BCUT2D eigenvalue weighted by molar-refractivity contribution is 0.631. The number of nitrogens with zero attached hydrogens (tertiary/aromatic N) is 1. The molecule has 0 saturated heterocycles. The van der Waals surface area contributed by atoms with Crippen LogP contribution in [-0.4, -0.2) is 11.5 Å². The molecule has 2 rings (SSSR count). The molecule has 7 heteroatoms. The van der Waals surface area contributed by atoms with E-state index in [2.05, 4.69) is 31.5 Å². The van der Waals surface area contributed by atoms with Gasteiger partial charge < -0.3 is 10.6 Å². The van der Waals surface area contributed by atoms with E-state index < -0.39 is 5.82 Å². The first-order valence-electron chi connectivity index (χ1n) is 5.83. The summed E-state index contributed by atoms with van der Waals surface area (Å²) in [5.74, 6) is 0.437. The summed E-state index contributed by atoms with van der Waals surface area (Å²) in [7, 11) is 0. The molecule has 2 aromatic rings. The van der Waals surface area contributed by atoms with E-state index >= 15 is 0 Å². The maximum atomic E-state index is 13.7. The fourth-order valence-electron chi connectivity index (χ4n) is 1.57. The summed E-state index contributed by atoms with van der Waals surface area (Å²) >= 11 is 15.4. The van der Waals surface area contributed by atoms with Crippen molar-refractivity contribution < 1.29 is 4.39 Å². The first-order valence-corrected chi connectivity index (χ1v) is 7.38. The Morgan fingerprint density at radius 2 is 1.90 bits per heavy atom. The predicted octanol–water partition coefficient (Wildman–Crippen LogP) is 5.47. The molecule has 2 N–H and O–H groups in total. The predicted molar refractivity (Wildman–Crippen MR) is 85.8 cm³/mol. The minimum atomic E-state index is -0.397. The molecule has 0 amide bonds. The molecule has 0 aliphatic carbocycles. The van der Waals surface area contributed by atoms with E-state index in [0.29, 0.717) is 28.2 Å². The molecule has 1 aromatic heterocycles. The van der Waals surface area contributed by atoms with Gasteiger partial charge in [0.15, 0.2) is 5.82 Å². The third-order valence-electron chi connectivity index (χ3n) is 2.46. The van der Waals surface area contributed by atoms with Crippen molar-refractivity contribution in [3.8, 4) is 0 Å². The summed E-state index contributed by atoms with van der Waals surface area (Å²) in [4.78, 5) is 4.26. The topological polar surface area (TPSA) is 37.0 Å². The zero-order valence-corrected chi connectivity index (χ0v) is 13.6. The van der Waals surface area contributed by atoms with E-state index in [9.17, 15) is 4.39 Å². The Kier molecular flexibility index (Phi) is 5.07. The molecule has 0 radical (unpaired) electrons. The van der Waals surface area contributed by atoms with Gasteiger partial charge in [-0.05, 0) is 31.2 Å². The Morgan fingerprint density at radius 3 is 2.60 bits per heavy atom. The van der Waals surface area contributed by atoms with Gasteiger partial charge in [0.05, 0.1) is 15.7 Å². The molecule has 0 bridgehead atoms. The van der Waals surface area contributed by atoms with Crippen LogP contribution in [0.5, 0.6) is 0 Å². The lowest BCUT2D eigenvalue weighted by atomic mass is 10.3. The summed E-state index contributed by atoms with van der Waals surface area (Å²) in [6.07, 6.45) is 0. The number of hydrogen-bond acceptors (Lipinski definition) is 3. The number of pyridine rings is 1. The van der Waals surface area contributed by atoms with Gasteiger partial charge in [0, 0.05) is 11.0 Å². The summed E-state index contributed by atoms with van der Waals surface area (Å²) < 4.78 is 14.5. The van der Waals surface area contributed by atoms with Gasteiger partial charge in [-0.1, -0.05) is 39.1 Å². The number of anilines is 3. The summed E-state index contributed by atoms with van der Waals surface area (Å²) in [5, 5.41) is 6.60.